The van der Waals surface area contributed by atoms with Gasteiger partial charge in [0.25, 0.3) is 0 Å². The first-order valence-corrected chi connectivity index (χ1v) is 6.26. The van der Waals surface area contributed by atoms with E-state index in [2.05, 4.69) is 12.2 Å². The summed E-state index contributed by atoms with van der Waals surface area (Å²) in [6.45, 7) is 2.21. The summed E-state index contributed by atoms with van der Waals surface area (Å²) in [6.07, 6.45) is 3.53. The van der Waals surface area contributed by atoms with E-state index in [0.29, 0.717) is 5.56 Å². The Morgan fingerprint density at radius 3 is 2.53 bits per heavy atom. The van der Waals surface area contributed by atoms with Gasteiger partial charge in [-0.1, -0.05) is 12.1 Å². The van der Waals surface area contributed by atoms with Gasteiger partial charge in [-0.3, -0.25) is 0 Å². The molecule has 2 heterocycles. The number of aliphatic hydroxyl groups excluding tert-OH is 1. The second-order valence-electron chi connectivity index (χ2n) is 5.80. The fourth-order valence-electron chi connectivity index (χ4n) is 3.44. The molecule has 2 saturated heterocycles. The van der Waals surface area contributed by atoms with Crippen molar-refractivity contribution in [1.29, 1.82) is 0 Å². The van der Waals surface area contributed by atoms with Gasteiger partial charge in [0.1, 0.15) is 5.82 Å². The number of halogens is 1. The van der Waals surface area contributed by atoms with Crippen molar-refractivity contribution < 1.29 is 9.50 Å². The van der Waals surface area contributed by atoms with Gasteiger partial charge in [-0.05, 0) is 50.3 Å². The molecule has 1 aromatic rings. The number of nitrogens with one attached hydrogen (secondary N) is 1. The van der Waals surface area contributed by atoms with Gasteiger partial charge >= 0.3 is 0 Å². The number of fused-ring (bicyclic) bond motifs is 2. The van der Waals surface area contributed by atoms with Gasteiger partial charge in [0, 0.05) is 11.1 Å². The minimum atomic E-state index is -0.609. The zero-order chi connectivity index (χ0) is 12.1. The lowest BCUT2D eigenvalue weighted by Gasteiger charge is -2.32. The van der Waals surface area contributed by atoms with Crippen molar-refractivity contribution in [3.05, 3.63) is 35.6 Å². The summed E-state index contributed by atoms with van der Waals surface area (Å²) >= 11 is 0. The SMILES string of the molecule is CC12CCC([C@H](O)c3cccc(F)c3)(CC1)N2. The third-order valence-corrected chi connectivity index (χ3v) is 4.48. The van der Waals surface area contributed by atoms with Crippen LogP contribution in [-0.2, 0) is 0 Å². The molecule has 17 heavy (non-hydrogen) atoms. The Balaban J connectivity index is 1.90. The van der Waals surface area contributed by atoms with Crippen LogP contribution in [0.15, 0.2) is 24.3 Å². The van der Waals surface area contributed by atoms with Crippen LogP contribution in [0.1, 0.15) is 44.3 Å². The van der Waals surface area contributed by atoms with E-state index in [4.69, 9.17) is 0 Å². The molecule has 0 amide bonds. The van der Waals surface area contributed by atoms with Crippen LogP contribution in [0.4, 0.5) is 4.39 Å². The average Bonchev–Trinajstić information content (AvgIpc) is 2.83. The molecule has 3 heteroatoms. The van der Waals surface area contributed by atoms with Crippen LogP contribution in [0.5, 0.6) is 0 Å². The number of hydrogen-bond acceptors (Lipinski definition) is 2. The lowest BCUT2D eigenvalue weighted by Crippen LogP contribution is -2.45. The Hall–Kier alpha value is -0.930. The predicted molar refractivity (Wildman–Crippen MR) is 64.1 cm³/mol. The Labute approximate surface area is 101 Å². The van der Waals surface area contributed by atoms with E-state index in [1.165, 1.54) is 12.1 Å². The summed E-state index contributed by atoms with van der Waals surface area (Å²) < 4.78 is 13.2. The molecule has 2 nitrogen and oxygen atoms in total. The van der Waals surface area contributed by atoms with E-state index in [1.807, 2.05) is 0 Å². The Bertz CT molecular complexity index is 438. The Morgan fingerprint density at radius 1 is 1.29 bits per heavy atom. The molecule has 1 aromatic carbocycles. The van der Waals surface area contributed by atoms with Crippen LogP contribution in [0, 0.1) is 5.82 Å². The fraction of sp³-hybridized carbons (Fsp3) is 0.571. The van der Waals surface area contributed by atoms with Crippen LogP contribution >= 0.6 is 0 Å². The highest BCUT2D eigenvalue weighted by atomic mass is 19.1. The highest BCUT2D eigenvalue weighted by Crippen LogP contribution is 2.50. The quantitative estimate of drug-likeness (QED) is 0.825. The molecule has 2 bridgehead atoms. The smallest absolute Gasteiger partial charge is 0.123 e. The van der Waals surface area contributed by atoms with Crippen molar-refractivity contribution in [3.63, 3.8) is 0 Å². The Morgan fingerprint density at radius 2 is 2.00 bits per heavy atom. The van der Waals surface area contributed by atoms with Gasteiger partial charge in [0.15, 0.2) is 0 Å². The third kappa shape index (κ3) is 1.69. The van der Waals surface area contributed by atoms with Crippen molar-refractivity contribution in [2.45, 2.75) is 49.8 Å². The van der Waals surface area contributed by atoms with Crippen LogP contribution in [-0.4, -0.2) is 16.2 Å². The molecule has 3 rings (SSSR count). The van der Waals surface area contributed by atoms with Crippen molar-refractivity contribution >= 4 is 0 Å². The zero-order valence-corrected chi connectivity index (χ0v) is 10.0. The molecule has 0 radical (unpaired) electrons. The van der Waals surface area contributed by atoms with Crippen molar-refractivity contribution in [3.8, 4) is 0 Å². The van der Waals surface area contributed by atoms with Gasteiger partial charge in [-0.15, -0.1) is 0 Å². The predicted octanol–water partition coefficient (Wildman–Crippen LogP) is 2.53. The first kappa shape index (κ1) is 11.2. The van der Waals surface area contributed by atoms with E-state index in [9.17, 15) is 9.50 Å². The topological polar surface area (TPSA) is 32.3 Å². The van der Waals surface area contributed by atoms with E-state index in [0.717, 1.165) is 25.7 Å². The maximum Gasteiger partial charge on any atom is 0.123 e. The first-order chi connectivity index (χ1) is 8.03. The highest BCUT2D eigenvalue weighted by Gasteiger charge is 2.54. The standard InChI is InChI=1S/C14H18FNO/c1-13-5-7-14(16-13,8-6-13)12(17)10-3-2-4-11(15)9-10/h2-4,9,12,16-17H,5-8H2,1H3/t12-,13?,14?/m1/s1. The van der Waals surface area contributed by atoms with Crippen molar-refractivity contribution in [2.24, 2.45) is 0 Å². The van der Waals surface area contributed by atoms with Gasteiger partial charge in [-0.2, -0.15) is 0 Å². The van der Waals surface area contributed by atoms with Crippen LogP contribution < -0.4 is 5.32 Å². The van der Waals surface area contributed by atoms with E-state index in [-0.39, 0.29) is 16.9 Å². The normalized spacial score (nSPS) is 37.4. The number of hydrogen-bond donors (Lipinski definition) is 2. The van der Waals surface area contributed by atoms with Crippen LogP contribution in [0.3, 0.4) is 0 Å². The molecule has 2 aliphatic heterocycles. The highest BCUT2D eigenvalue weighted by molar-refractivity contribution is 5.26. The minimum Gasteiger partial charge on any atom is -0.386 e. The molecule has 92 valence electrons. The van der Waals surface area contributed by atoms with E-state index < -0.39 is 6.10 Å². The van der Waals surface area contributed by atoms with Gasteiger partial charge in [-0.25, -0.2) is 4.39 Å². The molecule has 0 unspecified atom stereocenters. The lowest BCUT2D eigenvalue weighted by molar-refractivity contribution is 0.0735. The number of benzene rings is 1. The van der Waals surface area contributed by atoms with Gasteiger partial charge < -0.3 is 10.4 Å². The van der Waals surface area contributed by atoms with E-state index >= 15 is 0 Å². The molecular formula is C14H18FNO. The summed E-state index contributed by atoms with van der Waals surface area (Å²) in [5, 5.41) is 14.1. The summed E-state index contributed by atoms with van der Waals surface area (Å²) in [5.41, 5.74) is 0.625. The van der Waals surface area contributed by atoms with Gasteiger partial charge in [0.05, 0.1) is 6.10 Å². The molecule has 0 spiro atoms. The second-order valence-corrected chi connectivity index (χ2v) is 5.80. The largest absolute Gasteiger partial charge is 0.386 e. The van der Waals surface area contributed by atoms with Gasteiger partial charge in [0.2, 0.25) is 0 Å². The Kier molecular flexibility index (Phi) is 2.32. The monoisotopic (exact) mass is 235 g/mol. The average molecular weight is 235 g/mol. The van der Waals surface area contributed by atoms with Crippen LogP contribution in [0.2, 0.25) is 0 Å². The van der Waals surface area contributed by atoms with Crippen LogP contribution in [0.25, 0.3) is 0 Å². The summed E-state index contributed by atoms with van der Waals surface area (Å²) in [6, 6.07) is 6.32. The maximum atomic E-state index is 13.2. The van der Waals surface area contributed by atoms with Crippen molar-refractivity contribution in [2.75, 3.05) is 0 Å². The molecule has 0 aliphatic carbocycles. The number of rotatable bonds is 2. The lowest BCUT2D eigenvalue weighted by atomic mass is 9.78. The molecular weight excluding hydrogens is 217 g/mol. The van der Waals surface area contributed by atoms with Crippen molar-refractivity contribution in [1.82, 2.24) is 5.32 Å². The molecule has 2 aliphatic rings. The summed E-state index contributed by atoms with van der Waals surface area (Å²) in [4.78, 5) is 0. The second kappa shape index (κ2) is 3.53. The fourth-order valence-corrected chi connectivity index (χ4v) is 3.44. The third-order valence-electron chi connectivity index (χ3n) is 4.48. The first-order valence-electron chi connectivity index (χ1n) is 6.26. The summed E-state index contributed by atoms with van der Waals surface area (Å²) in [7, 11) is 0. The molecule has 0 aromatic heterocycles. The molecule has 0 saturated carbocycles. The maximum absolute atomic E-state index is 13.2. The summed E-state index contributed by atoms with van der Waals surface area (Å²) in [5.74, 6) is -0.281. The van der Waals surface area contributed by atoms with E-state index in [1.54, 1.807) is 12.1 Å². The molecule has 2 N–H and O–H groups in total. The number of aliphatic hydroxyl groups is 1. The molecule has 1 atom stereocenters. The molecule has 2 fully saturated rings. The minimum absolute atomic E-state index is 0.175. The zero-order valence-electron chi connectivity index (χ0n) is 10.0.